The van der Waals surface area contributed by atoms with Gasteiger partial charge >= 0.3 is 5.97 Å². The van der Waals surface area contributed by atoms with Crippen LogP contribution in [0.3, 0.4) is 0 Å². The van der Waals surface area contributed by atoms with Crippen molar-refractivity contribution in [3.8, 4) is 0 Å². The van der Waals surface area contributed by atoms with Crippen LogP contribution in [0.25, 0.3) is 0 Å². The predicted octanol–water partition coefficient (Wildman–Crippen LogP) is 2.79. The molecule has 0 aromatic heterocycles. The van der Waals surface area contributed by atoms with Crippen LogP contribution in [0.2, 0.25) is 0 Å². The smallest absolute Gasteiger partial charge is 0.335 e. The van der Waals surface area contributed by atoms with Gasteiger partial charge in [-0.25, -0.2) is 13.2 Å². The quantitative estimate of drug-likeness (QED) is 0.789. The summed E-state index contributed by atoms with van der Waals surface area (Å²) in [5.74, 6) is -1.59. The lowest BCUT2D eigenvalue weighted by molar-refractivity contribution is -0.116. The van der Waals surface area contributed by atoms with Crippen LogP contribution in [0.4, 0.5) is 11.4 Å². The Kier molecular flexibility index (Phi) is 5.90. The van der Waals surface area contributed by atoms with Crippen molar-refractivity contribution in [3.63, 3.8) is 0 Å². The fraction of sp³-hybridized carbons (Fsp3) is 0.263. The van der Waals surface area contributed by atoms with E-state index in [2.05, 4.69) is 5.32 Å². The molecule has 1 atom stereocenters. The van der Waals surface area contributed by atoms with Crippen molar-refractivity contribution in [2.75, 3.05) is 15.9 Å². The van der Waals surface area contributed by atoms with Gasteiger partial charge in [0.05, 0.1) is 17.5 Å². The average Bonchev–Trinajstić information content (AvgIpc) is 2.57. The van der Waals surface area contributed by atoms with Crippen LogP contribution in [0.5, 0.6) is 0 Å². The molecular weight excluding hydrogens is 368 g/mol. The standard InChI is InChI=1S/C19H22N2O5S/c1-12-5-6-13(2)17(11-12)21(27(4,25)26)14(3)18(22)20-16-9-7-15(8-10-16)19(23)24/h5-11,14H,1-4H3,(H,20,22)(H,23,24)/t14-/m1/s1. The van der Waals surface area contributed by atoms with E-state index in [1.54, 1.807) is 19.1 Å². The summed E-state index contributed by atoms with van der Waals surface area (Å²) in [6.45, 7) is 5.13. The maximum Gasteiger partial charge on any atom is 0.335 e. The molecule has 0 aliphatic carbocycles. The molecule has 0 saturated heterocycles. The number of amides is 1. The van der Waals surface area contributed by atoms with Crippen LogP contribution in [-0.4, -0.2) is 37.7 Å². The van der Waals surface area contributed by atoms with Crippen molar-refractivity contribution in [1.29, 1.82) is 0 Å². The molecule has 2 N–H and O–H groups in total. The fourth-order valence-corrected chi connectivity index (χ4v) is 3.90. The number of anilines is 2. The Labute approximate surface area is 158 Å². The normalized spacial score (nSPS) is 12.3. The van der Waals surface area contributed by atoms with Crippen LogP contribution in [0.15, 0.2) is 42.5 Å². The molecule has 0 fully saturated rings. The van der Waals surface area contributed by atoms with Gasteiger partial charge in [-0.15, -0.1) is 0 Å². The van der Waals surface area contributed by atoms with Crippen molar-refractivity contribution in [1.82, 2.24) is 0 Å². The van der Waals surface area contributed by atoms with Crippen molar-refractivity contribution in [2.24, 2.45) is 0 Å². The first-order chi connectivity index (χ1) is 12.5. The van der Waals surface area contributed by atoms with E-state index >= 15 is 0 Å². The summed E-state index contributed by atoms with van der Waals surface area (Å²) < 4.78 is 25.9. The topological polar surface area (TPSA) is 104 Å². The Hall–Kier alpha value is -2.87. The Morgan fingerprint density at radius 2 is 1.67 bits per heavy atom. The number of nitrogens with zero attached hydrogens (tertiary/aromatic N) is 1. The molecule has 1 amide bonds. The molecule has 0 aliphatic heterocycles. The number of carboxylic acids is 1. The zero-order valence-corrected chi connectivity index (χ0v) is 16.4. The first-order valence-electron chi connectivity index (χ1n) is 8.21. The summed E-state index contributed by atoms with van der Waals surface area (Å²) >= 11 is 0. The number of aromatic carboxylic acids is 1. The van der Waals surface area contributed by atoms with E-state index in [4.69, 9.17) is 5.11 Å². The van der Waals surface area contributed by atoms with E-state index in [0.717, 1.165) is 21.7 Å². The lowest BCUT2D eigenvalue weighted by Crippen LogP contribution is -2.45. The second-order valence-electron chi connectivity index (χ2n) is 6.40. The van der Waals surface area contributed by atoms with Crippen molar-refractivity contribution < 1.29 is 23.1 Å². The van der Waals surface area contributed by atoms with Crippen molar-refractivity contribution in [3.05, 3.63) is 59.2 Å². The highest BCUT2D eigenvalue weighted by Crippen LogP contribution is 2.26. The molecule has 2 rings (SSSR count). The van der Waals surface area contributed by atoms with Gasteiger partial charge < -0.3 is 10.4 Å². The van der Waals surface area contributed by atoms with E-state index < -0.39 is 27.9 Å². The molecule has 8 heteroatoms. The number of hydrogen-bond acceptors (Lipinski definition) is 4. The van der Waals surface area contributed by atoms with Gasteiger partial charge in [0.1, 0.15) is 6.04 Å². The van der Waals surface area contributed by atoms with E-state index in [1.807, 2.05) is 13.0 Å². The molecule has 0 spiro atoms. The molecule has 27 heavy (non-hydrogen) atoms. The number of nitrogens with one attached hydrogen (secondary N) is 1. The third kappa shape index (κ3) is 4.85. The monoisotopic (exact) mass is 390 g/mol. The van der Waals surface area contributed by atoms with Gasteiger partial charge in [0.15, 0.2) is 0 Å². The molecule has 0 aliphatic rings. The Bertz CT molecular complexity index is 968. The number of carbonyl (C=O) groups excluding carboxylic acids is 1. The third-order valence-electron chi connectivity index (χ3n) is 4.09. The lowest BCUT2D eigenvalue weighted by atomic mass is 10.1. The summed E-state index contributed by atoms with van der Waals surface area (Å²) in [6.07, 6.45) is 1.06. The number of sulfonamides is 1. The molecule has 2 aromatic carbocycles. The number of hydrogen-bond donors (Lipinski definition) is 2. The molecule has 144 valence electrons. The first-order valence-corrected chi connectivity index (χ1v) is 10.1. The summed E-state index contributed by atoms with van der Waals surface area (Å²) in [5.41, 5.74) is 2.53. The molecule has 0 unspecified atom stereocenters. The van der Waals surface area contributed by atoms with Crippen molar-refractivity contribution in [2.45, 2.75) is 26.8 Å². The largest absolute Gasteiger partial charge is 0.478 e. The van der Waals surface area contributed by atoms with Gasteiger partial charge in [0.2, 0.25) is 15.9 Å². The summed E-state index contributed by atoms with van der Waals surface area (Å²) in [6, 6.07) is 10.0. The maximum absolute atomic E-state index is 12.7. The Morgan fingerprint density at radius 1 is 1.07 bits per heavy atom. The lowest BCUT2D eigenvalue weighted by Gasteiger charge is -2.29. The van der Waals surface area contributed by atoms with Gasteiger partial charge in [-0.1, -0.05) is 12.1 Å². The van der Waals surface area contributed by atoms with Crippen LogP contribution >= 0.6 is 0 Å². The molecule has 2 aromatic rings. The molecular formula is C19H22N2O5S. The molecule has 0 heterocycles. The Balaban J connectivity index is 2.32. The molecule has 0 saturated carbocycles. The Morgan fingerprint density at radius 3 is 2.19 bits per heavy atom. The number of aryl methyl sites for hydroxylation is 2. The molecule has 7 nitrogen and oxygen atoms in total. The van der Waals surface area contributed by atoms with Crippen LogP contribution in [0.1, 0.15) is 28.4 Å². The maximum atomic E-state index is 12.7. The molecule has 0 bridgehead atoms. The number of benzene rings is 2. The summed E-state index contributed by atoms with van der Waals surface area (Å²) in [4.78, 5) is 23.6. The van der Waals surface area contributed by atoms with Gasteiger partial charge in [-0.05, 0) is 62.2 Å². The summed E-state index contributed by atoms with van der Waals surface area (Å²) in [7, 11) is -3.72. The highest BCUT2D eigenvalue weighted by molar-refractivity contribution is 7.92. The zero-order valence-electron chi connectivity index (χ0n) is 15.6. The van der Waals surface area contributed by atoms with Crippen molar-refractivity contribution >= 4 is 33.3 Å². The van der Waals surface area contributed by atoms with Gasteiger partial charge in [-0.2, -0.15) is 0 Å². The minimum Gasteiger partial charge on any atom is -0.478 e. The highest BCUT2D eigenvalue weighted by atomic mass is 32.2. The first kappa shape index (κ1) is 20.4. The van der Waals surface area contributed by atoms with Gasteiger partial charge in [0, 0.05) is 5.69 Å². The fourth-order valence-electron chi connectivity index (χ4n) is 2.68. The van der Waals surface area contributed by atoms with Gasteiger partial charge in [0.25, 0.3) is 0 Å². The number of carbonyl (C=O) groups is 2. The number of carboxylic acid groups (broad SMARTS) is 1. The van der Waals surface area contributed by atoms with Crippen LogP contribution in [0, 0.1) is 13.8 Å². The van der Waals surface area contributed by atoms with Gasteiger partial charge in [-0.3, -0.25) is 9.10 Å². The van der Waals surface area contributed by atoms with E-state index in [1.165, 1.54) is 31.2 Å². The van der Waals surface area contributed by atoms with E-state index in [0.29, 0.717) is 11.4 Å². The highest BCUT2D eigenvalue weighted by Gasteiger charge is 2.30. The minimum atomic E-state index is -3.72. The predicted molar refractivity (Wildman–Crippen MR) is 105 cm³/mol. The van der Waals surface area contributed by atoms with E-state index in [-0.39, 0.29) is 5.56 Å². The second kappa shape index (κ2) is 7.79. The average molecular weight is 390 g/mol. The zero-order chi connectivity index (χ0) is 20.4. The third-order valence-corrected chi connectivity index (χ3v) is 5.32. The molecule has 0 radical (unpaired) electrons. The number of rotatable bonds is 6. The summed E-state index contributed by atoms with van der Waals surface area (Å²) in [5, 5.41) is 11.5. The minimum absolute atomic E-state index is 0.0918. The van der Waals surface area contributed by atoms with Crippen LogP contribution in [-0.2, 0) is 14.8 Å². The SMILES string of the molecule is Cc1ccc(C)c(N([C@H](C)C(=O)Nc2ccc(C(=O)O)cc2)S(C)(=O)=O)c1. The van der Waals surface area contributed by atoms with Crippen LogP contribution < -0.4 is 9.62 Å². The van der Waals surface area contributed by atoms with E-state index in [9.17, 15) is 18.0 Å². The second-order valence-corrected chi connectivity index (χ2v) is 8.26.